The van der Waals surface area contributed by atoms with Crippen LogP contribution in [0.4, 0.5) is 0 Å². The second kappa shape index (κ2) is 10.8. The Bertz CT molecular complexity index is 1120. The van der Waals surface area contributed by atoms with E-state index in [4.69, 9.17) is 9.47 Å². The Morgan fingerprint density at radius 2 is 1.78 bits per heavy atom. The number of aromatic nitrogens is 1. The molecule has 2 aromatic carbocycles. The summed E-state index contributed by atoms with van der Waals surface area (Å²) in [5, 5.41) is 4.05. The van der Waals surface area contributed by atoms with Gasteiger partial charge in [-0.25, -0.2) is 10.2 Å². The summed E-state index contributed by atoms with van der Waals surface area (Å²) in [6, 6.07) is 16.4. The zero-order valence-electron chi connectivity index (χ0n) is 18.1. The largest absolute Gasteiger partial charge is 0.484 e. The number of esters is 1. The topological polar surface area (TPSA) is 81.9 Å². The van der Waals surface area contributed by atoms with Crippen molar-refractivity contribution in [1.29, 1.82) is 0 Å². The lowest BCUT2D eigenvalue weighted by atomic mass is 10.2. The van der Waals surface area contributed by atoms with Crippen molar-refractivity contribution in [3.05, 3.63) is 81.6 Å². The monoisotopic (exact) mass is 497 g/mol. The van der Waals surface area contributed by atoms with Gasteiger partial charge in [0.2, 0.25) is 0 Å². The minimum Gasteiger partial charge on any atom is -0.484 e. The summed E-state index contributed by atoms with van der Waals surface area (Å²) in [4.78, 5) is 23.8. The Hall–Kier alpha value is -3.39. The molecule has 7 nitrogen and oxygen atoms in total. The number of hydrogen-bond donors (Lipinski definition) is 1. The number of nitrogens with one attached hydrogen (secondary N) is 1. The third kappa shape index (κ3) is 5.85. The molecule has 1 heterocycles. The van der Waals surface area contributed by atoms with Gasteiger partial charge in [-0.05, 0) is 75.4 Å². The van der Waals surface area contributed by atoms with Crippen LogP contribution in [-0.4, -0.2) is 35.9 Å². The van der Waals surface area contributed by atoms with Gasteiger partial charge in [-0.1, -0.05) is 15.9 Å². The molecule has 32 heavy (non-hydrogen) atoms. The SMILES string of the molecule is CCOC(=O)c1ccc(-n2c(C)cc(C=NNC(=O)COc3ccc(Br)cc3)c2C)cc1. The summed E-state index contributed by atoms with van der Waals surface area (Å²) >= 11 is 3.35. The van der Waals surface area contributed by atoms with E-state index < -0.39 is 0 Å². The predicted octanol–water partition coefficient (Wildman–Crippen LogP) is 4.56. The smallest absolute Gasteiger partial charge is 0.338 e. The van der Waals surface area contributed by atoms with Crippen molar-refractivity contribution in [3.8, 4) is 11.4 Å². The van der Waals surface area contributed by atoms with Crippen molar-refractivity contribution in [1.82, 2.24) is 9.99 Å². The number of carbonyl (C=O) groups excluding carboxylic acids is 2. The minimum atomic E-state index is -0.354. The van der Waals surface area contributed by atoms with Crippen LogP contribution in [0, 0.1) is 13.8 Å². The Balaban J connectivity index is 1.62. The van der Waals surface area contributed by atoms with Crippen LogP contribution in [0.5, 0.6) is 5.75 Å². The molecule has 1 N–H and O–H groups in total. The quantitative estimate of drug-likeness (QED) is 0.281. The van der Waals surface area contributed by atoms with Gasteiger partial charge in [-0.15, -0.1) is 0 Å². The molecular formula is C24H24BrN3O4. The van der Waals surface area contributed by atoms with Crippen molar-refractivity contribution in [2.75, 3.05) is 13.2 Å². The van der Waals surface area contributed by atoms with E-state index in [1.165, 1.54) is 0 Å². The molecule has 0 bridgehead atoms. The van der Waals surface area contributed by atoms with Crippen LogP contribution >= 0.6 is 15.9 Å². The fourth-order valence-corrected chi connectivity index (χ4v) is 3.43. The second-order valence-corrected chi connectivity index (χ2v) is 7.88. The van der Waals surface area contributed by atoms with Crippen molar-refractivity contribution in [2.45, 2.75) is 20.8 Å². The van der Waals surface area contributed by atoms with Crippen LogP contribution in [0.15, 0.2) is 64.2 Å². The van der Waals surface area contributed by atoms with Gasteiger partial charge in [0, 0.05) is 27.1 Å². The first kappa shape index (κ1) is 23.3. The standard InChI is InChI=1S/C24H24BrN3O4/c1-4-31-24(30)18-5-9-21(10-6-18)28-16(2)13-19(17(28)3)14-26-27-23(29)15-32-22-11-7-20(25)8-12-22/h5-14H,4,15H2,1-3H3,(H,27,29). The molecule has 3 rings (SSSR count). The highest BCUT2D eigenvalue weighted by Crippen LogP contribution is 2.20. The Labute approximate surface area is 195 Å². The molecule has 0 saturated carbocycles. The highest BCUT2D eigenvalue weighted by molar-refractivity contribution is 9.10. The lowest BCUT2D eigenvalue weighted by Crippen LogP contribution is -2.24. The molecule has 0 saturated heterocycles. The molecule has 0 unspecified atom stereocenters. The number of carbonyl (C=O) groups is 2. The van der Waals surface area contributed by atoms with E-state index >= 15 is 0 Å². The number of nitrogens with zero attached hydrogens (tertiary/aromatic N) is 2. The first-order valence-corrected chi connectivity index (χ1v) is 10.8. The summed E-state index contributed by atoms with van der Waals surface area (Å²) in [6.45, 7) is 5.93. The maximum Gasteiger partial charge on any atom is 0.338 e. The van der Waals surface area contributed by atoms with Crippen molar-refractivity contribution in [2.24, 2.45) is 5.10 Å². The van der Waals surface area contributed by atoms with E-state index in [1.807, 2.05) is 44.2 Å². The molecule has 1 aromatic heterocycles. The van der Waals surface area contributed by atoms with E-state index in [9.17, 15) is 9.59 Å². The van der Waals surface area contributed by atoms with Crippen LogP contribution in [0.25, 0.3) is 5.69 Å². The molecule has 1 amide bonds. The number of aryl methyl sites for hydroxylation is 1. The molecule has 0 aliphatic carbocycles. The maximum absolute atomic E-state index is 12.0. The van der Waals surface area contributed by atoms with Gasteiger partial charge in [0.1, 0.15) is 5.75 Å². The number of hydrazone groups is 1. The summed E-state index contributed by atoms with van der Waals surface area (Å²) in [5.41, 5.74) is 6.72. The average molecular weight is 498 g/mol. The van der Waals surface area contributed by atoms with Gasteiger partial charge in [-0.2, -0.15) is 5.10 Å². The molecular weight excluding hydrogens is 474 g/mol. The van der Waals surface area contributed by atoms with Crippen LogP contribution in [0.2, 0.25) is 0 Å². The van der Waals surface area contributed by atoms with E-state index in [0.29, 0.717) is 17.9 Å². The Morgan fingerprint density at radius 3 is 2.44 bits per heavy atom. The van der Waals surface area contributed by atoms with Crippen LogP contribution < -0.4 is 10.2 Å². The fraction of sp³-hybridized carbons (Fsp3) is 0.208. The summed E-state index contributed by atoms with van der Waals surface area (Å²) in [7, 11) is 0. The maximum atomic E-state index is 12.0. The van der Waals surface area contributed by atoms with Gasteiger partial charge in [0.25, 0.3) is 5.91 Å². The normalized spacial score (nSPS) is 10.9. The van der Waals surface area contributed by atoms with Crippen LogP contribution in [0.1, 0.15) is 34.2 Å². The van der Waals surface area contributed by atoms with Crippen molar-refractivity contribution >= 4 is 34.0 Å². The van der Waals surface area contributed by atoms with Gasteiger partial charge in [0.15, 0.2) is 6.61 Å². The van der Waals surface area contributed by atoms with Gasteiger partial charge in [0.05, 0.1) is 18.4 Å². The zero-order valence-corrected chi connectivity index (χ0v) is 19.7. The van der Waals surface area contributed by atoms with E-state index in [0.717, 1.165) is 27.1 Å². The van der Waals surface area contributed by atoms with Gasteiger partial charge >= 0.3 is 5.97 Å². The third-order valence-electron chi connectivity index (χ3n) is 4.68. The zero-order chi connectivity index (χ0) is 23.1. The molecule has 166 valence electrons. The molecule has 8 heteroatoms. The molecule has 0 radical (unpaired) electrons. The number of ether oxygens (including phenoxy) is 2. The van der Waals surface area contributed by atoms with E-state index in [1.54, 1.807) is 37.4 Å². The Kier molecular flexibility index (Phi) is 7.83. The summed E-state index contributed by atoms with van der Waals surface area (Å²) in [5.74, 6) is -0.0925. The van der Waals surface area contributed by atoms with E-state index in [-0.39, 0.29) is 18.5 Å². The van der Waals surface area contributed by atoms with E-state index in [2.05, 4.69) is 31.0 Å². The van der Waals surface area contributed by atoms with Crippen LogP contribution in [-0.2, 0) is 9.53 Å². The number of hydrogen-bond acceptors (Lipinski definition) is 5. The van der Waals surface area contributed by atoms with Crippen molar-refractivity contribution in [3.63, 3.8) is 0 Å². The van der Waals surface area contributed by atoms with Crippen molar-refractivity contribution < 1.29 is 19.1 Å². The molecule has 3 aromatic rings. The first-order valence-electron chi connectivity index (χ1n) is 10.1. The summed E-state index contributed by atoms with van der Waals surface area (Å²) in [6.07, 6.45) is 1.60. The molecule has 0 spiro atoms. The number of halogens is 1. The molecule has 0 atom stereocenters. The number of benzene rings is 2. The predicted molar refractivity (Wildman–Crippen MR) is 127 cm³/mol. The lowest BCUT2D eigenvalue weighted by molar-refractivity contribution is -0.123. The summed E-state index contributed by atoms with van der Waals surface area (Å²) < 4.78 is 13.4. The van der Waals surface area contributed by atoms with Gasteiger partial charge in [-0.3, -0.25) is 4.79 Å². The molecule has 0 fully saturated rings. The first-order chi connectivity index (χ1) is 15.4. The average Bonchev–Trinajstić information content (AvgIpc) is 3.06. The molecule has 0 aliphatic heterocycles. The second-order valence-electron chi connectivity index (χ2n) is 6.96. The minimum absolute atomic E-state index is 0.134. The van der Waals surface area contributed by atoms with Crippen LogP contribution in [0.3, 0.4) is 0 Å². The third-order valence-corrected chi connectivity index (χ3v) is 5.21. The fourth-order valence-electron chi connectivity index (χ4n) is 3.16. The highest BCUT2D eigenvalue weighted by Gasteiger charge is 2.11. The number of amides is 1. The Morgan fingerprint density at radius 1 is 1.09 bits per heavy atom. The van der Waals surface area contributed by atoms with Gasteiger partial charge < -0.3 is 14.0 Å². The highest BCUT2D eigenvalue weighted by atomic mass is 79.9. The number of rotatable bonds is 8. The lowest BCUT2D eigenvalue weighted by Gasteiger charge is -2.10. The molecule has 0 aliphatic rings.